The maximum Gasteiger partial charge on any atom is 0.319 e. The molecule has 19 heavy (non-hydrogen) atoms. The quantitative estimate of drug-likeness (QED) is 0.477. The van der Waals surface area contributed by atoms with E-state index in [2.05, 4.69) is 4.98 Å². The van der Waals surface area contributed by atoms with Crippen molar-refractivity contribution in [1.82, 2.24) is 9.88 Å². The minimum atomic E-state index is -0.693. The number of nitro groups is 1. The number of aromatic nitrogens is 1. The third kappa shape index (κ3) is 2.66. The predicted octanol–water partition coefficient (Wildman–Crippen LogP) is 1.50. The molecule has 102 valence electrons. The van der Waals surface area contributed by atoms with Gasteiger partial charge in [0.15, 0.2) is 0 Å². The lowest BCUT2D eigenvalue weighted by atomic mass is 10.1. The molecule has 1 atom stereocenters. The highest BCUT2D eigenvalue weighted by Gasteiger charge is 2.31. The first-order chi connectivity index (χ1) is 9.02. The summed E-state index contributed by atoms with van der Waals surface area (Å²) in [6.45, 7) is 1.02. The molecule has 1 aromatic rings. The van der Waals surface area contributed by atoms with E-state index in [4.69, 9.17) is 16.3 Å². The van der Waals surface area contributed by atoms with Crippen LogP contribution in [-0.4, -0.2) is 47.0 Å². The van der Waals surface area contributed by atoms with Gasteiger partial charge in [0, 0.05) is 19.9 Å². The van der Waals surface area contributed by atoms with Crippen LogP contribution < -0.4 is 0 Å². The number of ether oxygens (including phenoxy) is 1. The van der Waals surface area contributed by atoms with Crippen LogP contribution in [0.5, 0.6) is 0 Å². The molecule has 0 radical (unpaired) electrons. The average molecular weight is 286 g/mol. The van der Waals surface area contributed by atoms with Crippen LogP contribution in [-0.2, 0) is 4.74 Å². The Hall–Kier alpha value is -1.73. The maximum absolute atomic E-state index is 12.3. The molecule has 1 fully saturated rings. The summed E-state index contributed by atoms with van der Waals surface area (Å²) in [6, 6.07) is 1.23. The van der Waals surface area contributed by atoms with Crippen LogP contribution in [0.1, 0.15) is 16.8 Å². The fraction of sp³-hybridized carbons (Fsp3) is 0.455. The third-order valence-electron chi connectivity index (χ3n) is 3.07. The summed E-state index contributed by atoms with van der Waals surface area (Å²) >= 11 is 5.68. The maximum atomic E-state index is 12.3. The molecule has 2 rings (SSSR count). The Morgan fingerprint density at radius 3 is 3.00 bits per heavy atom. The van der Waals surface area contributed by atoms with E-state index >= 15 is 0 Å². The van der Waals surface area contributed by atoms with Gasteiger partial charge >= 0.3 is 5.69 Å². The van der Waals surface area contributed by atoms with Gasteiger partial charge in [-0.25, -0.2) is 4.98 Å². The summed E-state index contributed by atoms with van der Waals surface area (Å²) < 4.78 is 5.20. The second kappa shape index (κ2) is 5.50. The van der Waals surface area contributed by atoms with E-state index in [1.807, 2.05) is 0 Å². The van der Waals surface area contributed by atoms with Gasteiger partial charge in [0.25, 0.3) is 5.91 Å². The first kappa shape index (κ1) is 13.7. The van der Waals surface area contributed by atoms with Gasteiger partial charge in [-0.1, -0.05) is 11.6 Å². The Bertz CT molecular complexity index is 517. The van der Waals surface area contributed by atoms with Crippen molar-refractivity contribution in [3.05, 3.63) is 33.1 Å². The van der Waals surface area contributed by atoms with Crippen LogP contribution in [0.25, 0.3) is 0 Å². The number of rotatable bonds is 3. The molecule has 0 aliphatic carbocycles. The zero-order valence-electron chi connectivity index (χ0n) is 10.2. The smallest absolute Gasteiger partial charge is 0.319 e. The number of hydrogen-bond donors (Lipinski definition) is 0. The van der Waals surface area contributed by atoms with Crippen molar-refractivity contribution in [1.29, 1.82) is 0 Å². The first-order valence-electron chi connectivity index (χ1n) is 5.66. The Morgan fingerprint density at radius 2 is 2.42 bits per heavy atom. The number of hydrogen-bond acceptors (Lipinski definition) is 5. The fourth-order valence-corrected chi connectivity index (χ4v) is 2.19. The number of amides is 1. The average Bonchev–Trinajstić information content (AvgIpc) is 2.90. The molecule has 1 unspecified atom stereocenters. The molecule has 8 heteroatoms. The van der Waals surface area contributed by atoms with Crippen LogP contribution in [0.2, 0.25) is 5.15 Å². The topological polar surface area (TPSA) is 85.6 Å². The second-order valence-corrected chi connectivity index (χ2v) is 4.55. The standard InChI is InChI=1S/C11H12ClN3O4/c1-14(7-3-5-19-6-7)11(16)8-2-4-13-10(12)9(8)15(17)18/h2,4,7H,3,5-6H2,1H3. The van der Waals surface area contributed by atoms with Crippen LogP contribution in [0, 0.1) is 10.1 Å². The molecule has 1 aliphatic heterocycles. The Morgan fingerprint density at radius 1 is 1.68 bits per heavy atom. The first-order valence-corrected chi connectivity index (χ1v) is 6.04. The number of carbonyl (C=O) groups excluding carboxylic acids is 1. The van der Waals surface area contributed by atoms with Crippen LogP contribution >= 0.6 is 11.6 Å². The van der Waals surface area contributed by atoms with E-state index in [0.29, 0.717) is 13.2 Å². The molecule has 0 saturated carbocycles. The van der Waals surface area contributed by atoms with E-state index in [1.165, 1.54) is 17.2 Å². The molecular formula is C11H12ClN3O4. The number of carbonyl (C=O) groups is 1. The molecule has 1 aromatic heterocycles. The third-order valence-corrected chi connectivity index (χ3v) is 3.34. The highest BCUT2D eigenvalue weighted by molar-refractivity contribution is 6.32. The van der Waals surface area contributed by atoms with Crippen LogP contribution in [0.3, 0.4) is 0 Å². The minimum Gasteiger partial charge on any atom is -0.379 e. The number of likely N-dealkylation sites (N-methyl/N-ethyl adjacent to an activating group) is 1. The summed E-state index contributed by atoms with van der Waals surface area (Å²) in [5.41, 5.74) is -0.515. The van der Waals surface area contributed by atoms with Crippen molar-refractivity contribution in [2.24, 2.45) is 0 Å². The Labute approximate surface area is 114 Å². The number of nitrogens with zero attached hydrogens (tertiary/aromatic N) is 3. The normalized spacial score (nSPS) is 18.3. The molecule has 0 aromatic carbocycles. The van der Waals surface area contributed by atoms with Gasteiger partial charge in [-0.2, -0.15) is 0 Å². The molecule has 1 saturated heterocycles. The highest BCUT2D eigenvalue weighted by atomic mass is 35.5. The summed E-state index contributed by atoms with van der Waals surface area (Å²) in [7, 11) is 1.60. The molecule has 1 amide bonds. The monoisotopic (exact) mass is 285 g/mol. The lowest BCUT2D eigenvalue weighted by Crippen LogP contribution is -2.37. The number of pyridine rings is 1. The van der Waals surface area contributed by atoms with Crippen molar-refractivity contribution in [3.8, 4) is 0 Å². The second-order valence-electron chi connectivity index (χ2n) is 4.19. The fourth-order valence-electron chi connectivity index (χ4n) is 1.96. The van der Waals surface area contributed by atoms with Crippen molar-refractivity contribution < 1.29 is 14.5 Å². The molecule has 0 N–H and O–H groups in total. The van der Waals surface area contributed by atoms with Crippen molar-refractivity contribution in [3.63, 3.8) is 0 Å². The largest absolute Gasteiger partial charge is 0.379 e. The van der Waals surface area contributed by atoms with Crippen molar-refractivity contribution in [2.45, 2.75) is 12.5 Å². The van der Waals surface area contributed by atoms with E-state index in [-0.39, 0.29) is 16.8 Å². The van der Waals surface area contributed by atoms with Gasteiger partial charge < -0.3 is 9.64 Å². The minimum absolute atomic E-state index is 0.0561. The zero-order chi connectivity index (χ0) is 14.0. The Balaban J connectivity index is 2.33. The van der Waals surface area contributed by atoms with E-state index in [1.54, 1.807) is 7.05 Å². The van der Waals surface area contributed by atoms with E-state index in [9.17, 15) is 14.9 Å². The summed E-state index contributed by atoms with van der Waals surface area (Å²) in [6.07, 6.45) is 2.00. The van der Waals surface area contributed by atoms with Crippen LogP contribution in [0.4, 0.5) is 5.69 Å². The van der Waals surface area contributed by atoms with Gasteiger partial charge in [-0.05, 0) is 12.5 Å². The molecular weight excluding hydrogens is 274 g/mol. The van der Waals surface area contributed by atoms with Gasteiger partial charge in [-0.15, -0.1) is 0 Å². The molecule has 1 aliphatic rings. The van der Waals surface area contributed by atoms with Gasteiger partial charge in [0.1, 0.15) is 5.56 Å². The highest BCUT2D eigenvalue weighted by Crippen LogP contribution is 2.27. The predicted molar refractivity (Wildman–Crippen MR) is 67.2 cm³/mol. The van der Waals surface area contributed by atoms with Gasteiger partial charge in [0.2, 0.25) is 5.15 Å². The summed E-state index contributed by atoms with van der Waals surface area (Å²) in [4.78, 5) is 27.7. The molecule has 0 spiro atoms. The van der Waals surface area contributed by atoms with E-state index < -0.39 is 16.5 Å². The SMILES string of the molecule is CN(C(=O)c1ccnc(Cl)c1[N+](=O)[O-])C1CCOC1. The van der Waals surface area contributed by atoms with Crippen LogP contribution in [0.15, 0.2) is 12.3 Å². The lowest BCUT2D eigenvalue weighted by molar-refractivity contribution is -0.385. The summed E-state index contributed by atoms with van der Waals surface area (Å²) in [5.74, 6) is -0.452. The van der Waals surface area contributed by atoms with Gasteiger partial charge in [0.05, 0.1) is 17.6 Å². The number of halogens is 1. The molecule has 0 bridgehead atoms. The summed E-state index contributed by atoms with van der Waals surface area (Å²) in [5, 5.41) is 10.7. The zero-order valence-corrected chi connectivity index (χ0v) is 11.0. The molecule has 2 heterocycles. The molecule has 7 nitrogen and oxygen atoms in total. The Kier molecular flexibility index (Phi) is 3.96. The van der Waals surface area contributed by atoms with Crippen molar-refractivity contribution >= 4 is 23.2 Å². The van der Waals surface area contributed by atoms with Gasteiger partial charge in [-0.3, -0.25) is 14.9 Å². The van der Waals surface area contributed by atoms with E-state index in [0.717, 1.165) is 6.42 Å². The van der Waals surface area contributed by atoms with Crippen molar-refractivity contribution in [2.75, 3.05) is 20.3 Å². The lowest BCUT2D eigenvalue weighted by Gasteiger charge is -2.23.